The molecule has 2 aliphatic rings. The van der Waals surface area contributed by atoms with Crippen LogP contribution in [-0.4, -0.2) is 21.7 Å². The molecular weight excluding hydrogens is 288 g/mol. The molecule has 0 bridgehead atoms. The maximum Gasteiger partial charge on any atom is 0.240 e. The zero-order chi connectivity index (χ0) is 16.0. The van der Waals surface area contributed by atoms with E-state index in [1.165, 1.54) is 5.56 Å². The van der Waals surface area contributed by atoms with Crippen LogP contribution >= 0.6 is 0 Å². The molecule has 0 spiro atoms. The summed E-state index contributed by atoms with van der Waals surface area (Å²) in [5.74, 6) is 0.364. The van der Waals surface area contributed by atoms with Crippen LogP contribution in [0.25, 0.3) is 0 Å². The fourth-order valence-corrected chi connectivity index (χ4v) is 3.74. The van der Waals surface area contributed by atoms with Crippen LogP contribution in [0.3, 0.4) is 0 Å². The van der Waals surface area contributed by atoms with Gasteiger partial charge in [0.1, 0.15) is 5.75 Å². The Bertz CT molecular complexity index is 798. The number of amides is 1. The predicted octanol–water partition coefficient (Wildman–Crippen LogP) is 3.26. The van der Waals surface area contributed by atoms with Crippen LogP contribution in [0.2, 0.25) is 0 Å². The Morgan fingerprint density at radius 3 is 2.74 bits per heavy atom. The van der Waals surface area contributed by atoms with Crippen molar-refractivity contribution in [3.05, 3.63) is 65.2 Å². The molecule has 0 unspecified atom stereocenters. The van der Waals surface area contributed by atoms with Gasteiger partial charge < -0.3 is 5.11 Å². The number of fused-ring (bicyclic) bond motifs is 3. The second-order valence-corrected chi connectivity index (χ2v) is 6.19. The van der Waals surface area contributed by atoms with Crippen molar-refractivity contribution in [3.63, 3.8) is 0 Å². The third kappa shape index (κ3) is 2.22. The van der Waals surface area contributed by atoms with Gasteiger partial charge in [-0.3, -0.25) is 4.79 Å². The summed E-state index contributed by atoms with van der Waals surface area (Å²) in [6, 6.07) is 15.5. The number of aromatic hydroxyl groups is 1. The van der Waals surface area contributed by atoms with Crippen molar-refractivity contribution in [3.8, 4) is 5.75 Å². The molecule has 2 aromatic rings. The Hall–Kier alpha value is -2.62. The van der Waals surface area contributed by atoms with Crippen LogP contribution in [0.4, 0.5) is 0 Å². The molecule has 1 aliphatic heterocycles. The lowest BCUT2D eigenvalue weighted by molar-refractivity contribution is -0.131. The van der Waals surface area contributed by atoms with Gasteiger partial charge in [-0.05, 0) is 36.1 Å². The Morgan fingerprint density at radius 2 is 2.00 bits per heavy atom. The van der Waals surface area contributed by atoms with Crippen molar-refractivity contribution in [2.45, 2.75) is 25.8 Å². The second-order valence-electron chi connectivity index (χ2n) is 6.19. The number of carbonyl (C=O) groups is 1. The van der Waals surface area contributed by atoms with E-state index in [1.807, 2.05) is 24.3 Å². The summed E-state index contributed by atoms with van der Waals surface area (Å²) in [6.07, 6.45) is 1.90. The van der Waals surface area contributed by atoms with Crippen molar-refractivity contribution in [1.82, 2.24) is 5.01 Å². The molecule has 4 heteroatoms. The molecule has 4 nitrogen and oxygen atoms in total. The molecule has 0 aromatic heterocycles. The fraction of sp³-hybridized carbons (Fsp3) is 0.263. The SMILES string of the molecule is CC(=O)N1N=C2c3cc(O)ccc3CC[C@H]2[C@H]1c1ccccc1. The van der Waals surface area contributed by atoms with Gasteiger partial charge in [0.15, 0.2) is 0 Å². The third-order valence-electron chi connectivity index (χ3n) is 4.77. The van der Waals surface area contributed by atoms with E-state index < -0.39 is 0 Å². The molecule has 2 aromatic carbocycles. The van der Waals surface area contributed by atoms with Gasteiger partial charge in [0.05, 0.1) is 11.8 Å². The van der Waals surface area contributed by atoms with Crippen LogP contribution < -0.4 is 0 Å². The molecule has 0 fully saturated rings. The summed E-state index contributed by atoms with van der Waals surface area (Å²) < 4.78 is 0. The number of nitrogens with zero attached hydrogens (tertiary/aromatic N) is 2. The van der Waals surface area contributed by atoms with Crippen molar-refractivity contribution in [2.75, 3.05) is 0 Å². The van der Waals surface area contributed by atoms with Gasteiger partial charge in [-0.15, -0.1) is 0 Å². The van der Waals surface area contributed by atoms with E-state index in [2.05, 4.69) is 17.2 Å². The van der Waals surface area contributed by atoms with E-state index in [0.717, 1.165) is 29.7 Å². The molecule has 0 saturated heterocycles. The van der Waals surface area contributed by atoms with Gasteiger partial charge in [-0.1, -0.05) is 36.4 Å². The largest absolute Gasteiger partial charge is 0.508 e. The van der Waals surface area contributed by atoms with Gasteiger partial charge >= 0.3 is 0 Å². The lowest BCUT2D eigenvalue weighted by atomic mass is 9.77. The van der Waals surface area contributed by atoms with Crippen LogP contribution in [-0.2, 0) is 11.2 Å². The minimum atomic E-state index is -0.0563. The van der Waals surface area contributed by atoms with Crippen LogP contribution in [0.5, 0.6) is 5.75 Å². The molecule has 116 valence electrons. The fourth-order valence-electron chi connectivity index (χ4n) is 3.74. The number of phenols is 1. The molecule has 23 heavy (non-hydrogen) atoms. The monoisotopic (exact) mass is 306 g/mol. The molecule has 2 atom stereocenters. The summed E-state index contributed by atoms with van der Waals surface area (Å²) in [4.78, 5) is 12.1. The maximum atomic E-state index is 12.1. The molecule has 1 amide bonds. The van der Waals surface area contributed by atoms with Crippen LogP contribution in [0.15, 0.2) is 53.6 Å². The van der Waals surface area contributed by atoms with E-state index in [1.54, 1.807) is 24.1 Å². The standard InChI is InChI=1S/C19H18N2O2/c1-12(22)21-19(14-5-3-2-4-6-14)16-10-8-13-7-9-15(23)11-17(13)18(16)20-21/h2-7,9,11,16,19,23H,8,10H2,1H3/t16-,19-/m1/s1. The molecule has 1 aliphatic carbocycles. The molecule has 1 N–H and O–H groups in total. The van der Waals surface area contributed by atoms with E-state index in [-0.39, 0.29) is 23.6 Å². The highest BCUT2D eigenvalue weighted by Gasteiger charge is 2.42. The van der Waals surface area contributed by atoms with Crippen molar-refractivity contribution in [2.24, 2.45) is 11.0 Å². The Labute approximate surface area is 135 Å². The van der Waals surface area contributed by atoms with E-state index in [4.69, 9.17) is 0 Å². The number of hydrogen-bond acceptors (Lipinski definition) is 3. The third-order valence-corrected chi connectivity index (χ3v) is 4.77. The molecule has 1 heterocycles. The average molecular weight is 306 g/mol. The lowest BCUT2D eigenvalue weighted by Crippen LogP contribution is -2.30. The first-order valence-electron chi connectivity index (χ1n) is 7.90. The second kappa shape index (κ2) is 5.23. The van der Waals surface area contributed by atoms with E-state index >= 15 is 0 Å². The van der Waals surface area contributed by atoms with Crippen molar-refractivity contribution < 1.29 is 9.90 Å². The highest BCUT2D eigenvalue weighted by Crippen LogP contribution is 2.43. The van der Waals surface area contributed by atoms with Crippen LogP contribution in [0.1, 0.15) is 36.1 Å². The number of rotatable bonds is 1. The topological polar surface area (TPSA) is 52.9 Å². The Balaban J connectivity index is 1.83. The van der Waals surface area contributed by atoms with E-state index in [9.17, 15) is 9.90 Å². The normalized spacial score (nSPS) is 22.3. The predicted molar refractivity (Wildman–Crippen MR) is 88.2 cm³/mol. The zero-order valence-electron chi connectivity index (χ0n) is 12.9. The first kappa shape index (κ1) is 14.0. The van der Waals surface area contributed by atoms with Gasteiger partial charge in [0.25, 0.3) is 0 Å². The van der Waals surface area contributed by atoms with Gasteiger partial charge in [0.2, 0.25) is 5.91 Å². The smallest absolute Gasteiger partial charge is 0.240 e. The highest BCUT2D eigenvalue weighted by atomic mass is 16.3. The minimum Gasteiger partial charge on any atom is -0.508 e. The van der Waals surface area contributed by atoms with Crippen LogP contribution in [0, 0.1) is 5.92 Å². The Kier molecular flexibility index (Phi) is 3.18. The van der Waals surface area contributed by atoms with Gasteiger partial charge in [-0.25, -0.2) is 5.01 Å². The summed E-state index contributed by atoms with van der Waals surface area (Å²) in [6.45, 7) is 1.56. The molecule has 0 saturated carbocycles. The first-order valence-corrected chi connectivity index (χ1v) is 7.90. The number of carbonyl (C=O) groups excluding carboxylic acids is 1. The summed E-state index contributed by atoms with van der Waals surface area (Å²) >= 11 is 0. The summed E-state index contributed by atoms with van der Waals surface area (Å²) in [5, 5.41) is 16.1. The maximum absolute atomic E-state index is 12.1. The first-order chi connectivity index (χ1) is 11.1. The summed E-state index contributed by atoms with van der Waals surface area (Å²) in [7, 11) is 0. The number of benzene rings is 2. The van der Waals surface area contributed by atoms with Gasteiger partial charge in [-0.2, -0.15) is 5.10 Å². The summed E-state index contributed by atoms with van der Waals surface area (Å²) in [5.41, 5.74) is 4.20. The van der Waals surface area contributed by atoms with E-state index in [0.29, 0.717) is 0 Å². The quantitative estimate of drug-likeness (QED) is 0.879. The molecule has 4 rings (SSSR count). The average Bonchev–Trinajstić information content (AvgIpc) is 2.96. The van der Waals surface area contributed by atoms with Gasteiger partial charge in [0, 0.05) is 18.4 Å². The number of phenolic OH excluding ortho intramolecular Hbond substituents is 1. The number of hydrogen-bond donors (Lipinski definition) is 1. The van der Waals surface area contributed by atoms with Crippen molar-refractivity contribution >= 4 is 11.6 Å². The lowest BCUT2D eigenvalue weighted by Gasteiger charge is -2.29. The molecular formula is C19H18N2O2. The Morgan fingerprint density at radius 1 is 1.22 bits per heavy atom. The minimum absolute atomic E-state index is 0.0533. The zero-order valence-corrected chi connectivity index (χ0v) is 12.9. The number of hydrazone groups is 1. The molecule has 0 radical (unpaired) electrons. The highest BCUT2D eigenvalue weighted by molar-refractivity contribution is 6.07. The van der Waals surface area contributed by atoms with Crippen molar-refractivity contribution in [1.29, 1.82) is 0 Å². The number of aryl methyl sites for hydroxylation is 1.